The van der Waals surface area contributed by atoms with Gasteiger partial charge in [0.15, 0.2) is 5.78 Å². The van der Waals surface area contributed by atoms with Crippen molar-refractivity contribution in [3.63, 3.8) is 0 Å². The Balaban J connectivity index is 2.34. The molecule has 7 heteroatoms. The first-order valence-corrected chi connectivity index (χ1v) is 9.24. The average Bonchev–Trinajstić information content (AvgIpc) is 2.55. The molecule has 1 atom stereocenters. The molecule has 27 heavy (non-hydrogen) atoms. The highest BCUT2D eigenvalue weighted by molar-refractivity contribution is 6.36. The number of aryl methyl sites for hydroxylation is 1. The third-order valence-electron chi connectivity index (χ3n) is 4.10. The summed E-state index contributed by atoms with van der Waals surface area (Å²) in [5.41, 5.74) is 0.861. The molecular formula is C20H25ClN2O4. The van der Waals surface area contributed by atoms with E-state index in [1.165, 1.54) is 7.05 Å². The Kier molecular flexibility index (Phi) is 6.42. The number of ketones is 2. The number of amides is 1. The van der Waals surface area contributed by atoms with Crippen molar-refractivity contribution >= 4 is 35.0 Å². The summed E-state index contributed by atoms with van der Waals surface area (Å²) in [7, 11) is 1.45. The lowest BCUT2D eigenvalue weighted by Crippen LogP contribution is -2.38. The van der Waals surface area contributed by atoms with Gasteiger partial charge < -0.3 is 4.74 Å². The van der Waals surface area contributed by atoms with Crippen LogP contribution in [0, 0.1) is 12.8 Å². The van der Waals surface area contributed by atoms with Crippen LogP contribution in [0.15, 0.2) is 23.3 Å². The van der Waals surface area contributed by atoms with Gasteiger partial charge >= 0.3 is 6.09 Å². The number of hydrazone groups is 1. The van der Waals surface area contributed by atoms with Crippen LogP contribution in [-0.2, 0) is 9.53 Å². The maximum absolute atomic E-state index is 13.1. The lowest BCUT2D eigenvalue weighted by molar-refractivity contribution is -0.120. The molecule has 1 amide bonds. The third-order valence-corrected chi connectivity index (χ3v) is 4.43. The smallest absolute Gasteiger partial charge is 0.430 e. The van der Waals surface area contributed by atoms with Gasteiger partial charge in [-0.3, -0.25) is 9.59 Å². The van der Waals surface area contributed by atoms with E-state index in [0.717, 1.165) is 10.6 Å². The second kappa shape index (κ2) is 8.21. The van der Waals surface area contributed by atoms with Crippen molar-refractivity contribution in [3.8, 4) is 0 Å². The molecule has 0 spiro atoms. The monoisotopic (exact) mass is 392 g/mol. The van der Waals surface area contributed by atoms with Gasteiger partial charge in [0, 0.05) is 19.0 Å². The fraction of sp³-hybridized carbons (Fsp3) is 0.500. The van der Waals surface area contributed by atoms with E-state index in [0.29, 0.717) is 35.6 Å². The van der Waals surface area contributed by atoms with E-state index in [2.05, 4.69) is 5.10 Å². The molecular weight excluding hydrogens is 368 g/mol. The van der Waals surface area contributed by atoms with Gasteiger partial charge in [-0.2, -0.15) is 5.10 Å². The van der Waals surface area contributed by atoms with Crippen LogP contribution in [0.3, 0.4) is 0 Å². The van der Waals surface area contributed by atoms with Crippen molar-refractivity contribution < 1.29 is 19.1 Å². The molecule has 1 unspecified atom stereocenters. The summed E-state index contributed by atoms with van der Waals surface area (Å²) in [4.78, 5) is 37.7. The number of Topliss-reactive ketones (excluding diaryl/α,β-unsaturated/α-hetero) is 2. The highest BCUT2D eigenvalue weighted by atomic mass is 35.5. The first-order valence-electron chi connectivity index (χ1n) is 8.87. The van der Waals surface area contributed by atoms with Crippen molar-refractivity contribution in [2.45, 2.75) is 52.6 Å². The molecule has 0 aliphatic heterocycles. The number of nitrogens with zero attached hydrogens (tertiary/aromatic N) is 2. The van der Waals surface area contributed by atoms with Crippen molar-refractivity contribution in [1.82, 2.24) is 5.01 Å². The summed E-state index contributed by atoms with van der Waals surface area (Å²) in [6.45, 7) is 7.10. The van der Waals surface area contributed by atoms with E-state index < -0.39 is 17.6 Å². The van der Waals surface area contributed by atoms with Crippen LogP contribution >= 0.6 is 11.6 Å². The zero-order chi connectivity index (χ0) is 20.4. The van der Waals surface area contributed by atoms with Gasteiger partial charge in [-0.05, 0) is 52.7 Å². The molecule has 1 aliphatic carbocycles. The Hall–Kier alpha value is -2.21. The molecule has 2 rings (SSSR count). The largest absolute Gasteiger partial charge is 0.442 e. The Labute approximate surface area is 164 Å². The van der Waals surface area contributed by atoms with Gasteiger partial charge in [-0.15, -0.1) is 0 Å². The second-order valence-corrected chi connectivity index (χ2v) is 8.10. The van der Waals surface area contributed by atoms with Gasteiger partial charge in [-0.25, -0.2) is 9.80 Å². The molecule has 0 radical (unpaired) electrons. The van der Waals surface area contributed by atoms with Crippen LogP contribution < -0.4 is 0 Å². The van der Waals surface area contributed by atoms with Crippen LogP contribution in [0.4, 0.5) is 4.79 Å². The SMILES string of the molecule is Cc1ccc(Cl)c(C(=O)C2C(=O)CCC/C2=N/N(C)C(=O)OC(C)(C)C)c1. The van der Waals surface area contributed by atoms with Crippen LogP contribution in [-0.4, -0.2) is 41.0 Å². The van der Waals surface area contributed by atoms with E-state index >= 15 is 0 Å². The number of carbonyl (C=O) groups is 3. The van der Waals surface area contributed by atoms with E-state index in [9.17, 15) is 14.4 Å². The highest BCUT2D eigenvalue weighted by Gasteiger charge is 2.36. The molecule has 6 nitrogen and oxygen atoms in total. The number of hydrogen-bond donors (Lipinski definition) is 0. The van der Waals surface area contributed by atoms with E-state index in [1.807, 2.05) is 6.92 Å². The minimum atomic E-state index is -1.03. The Morgan fingerprint density at radius 2 is 1.93 bits per heavy atom. The molecule has 1 aromatic rings. The van der Waals surface area contributed by atoms with Crippen LogP contribution in [0.2, 0.25) is 5.02 Å². The summed E-state index contributed by atoms with van der Waals surface area (Å²) >= 11 is 6.18. The molecule has 0 heterocycles. The molecule has 146 valence electrons. The van der Waals surface area contributed by atoms with Crippen molar-refractivity contribution in [3.05, 3.63) is 34.3 Å². The summed E-state index contributed by atoms with van der Waals surface area (Å²) in [6, 6.07) is 5.11. The maximum Gasteiger partial charge on any atom is 0.430 e. The Morgan fingerprint density at radius 3 is 2.56 bits per heavy atom. The molecule has 1 aliphatic rings. The van der Waals surface area contributed by atoms with Crippen molar-refractivity contribution in [2.75, 3.05) is 7.05 Å². The molecule has 0 bridgehead atoms. The molecule has 0 saturated heterocycles. The minimum Gasteiger partial charge on any atom is -0.442 e. The van der Waals surface area contributed by atoms with Crippen LogP contribution in [0.1, 0.15) is 56.0 Å². The first-order chi connectivity index (χ1) is 12.5. The lowest BCUT2D eigenvalue weighted by Gasteiger charge is -2.26. The Morgan fingerprint density at radius 1 is 1.26 bits per heavy atom. The summed E-state index contributed by atoms with van der Waals surface area (Å²) in [5.74, 6) is -1.62. The number of benzene rings is 1. The van der Waals surface area contributed by atoms with Crippen molar-refractivity contribution in [1.29, 1.82) is 0 Å². The zero-order valence-electron chi connectivity index (χ0n) is 16.3. The zero-order valence-corrected chi connectivity index (χ0v) is 17.1. The first kappa shape index (κ1) is 21.1. The number of hydrogen-bond acceptors (Lipinski definition) is 5. The quantitative estimate of drug-likeness (QED) is 0.433. The van der Waals surface area contributed by atoms with Gasteiger partial charge in [0.2, 0.25) is 0 Å². The average molecular weight is 393 g/mol. The van der Waals surface area contributed by atoms with Gasteiger partial charge in [0.25, 0.3) is 0 Å². The fourth-order valence-electron chi connectivity index (χ4n) is 2.87. The predicted molar refractivity (Wildman–Crippen MR) is 104 cm³/mol. The second-order valence-electron chi connectivity index (χ2n) is 7.70. The van der Waals surface area contributed by atoms with Gasteiger partial charge in [0.05, 0.1) is 10.7 Å². The van der Waals surface area contributed by atoms with Crippen LogP contribution in [0.5, 0.6) is 0 Å². The van der Waals surface area contributed by atoms with E-state index in [-0.39, 0.29) is 11.6 Å². The maximum atomic E-state index is 13.1. The normalized spacial score (nSPS) is 19.1. The minimum absolute atomic E-state index is 0.208. The number of carbonyl (C=O) groups excluding carboxylic acids is 3. The van der Waals surface area contributed by atoms with E-state index in [4.69, 9.17) is 16.3 Å². The predicted octanol–water partition coefficient (Wildman–Crippen LogP) is 4.42. The van der Waals surface area contributed by atoms with Crippen LogP contribution in [0.25, 0.3) is 0 Å². The lowest BCUT2D eigenvalue weighted by atomic mass is 9.81. The summed E-state index contributed by atoms with van der Waals surface area (Å²) < 4.78 is 5.27. The number of rotatable bonds is 3. The van der Waals surface area contributed by atoms with E-state index in [1.54, 1.807) is 39.0 Å². The molecule has 1 fully saturated rings. The molecule has 0 N–H and O–H groups in total. The summed E-state index contributed by atoms with van der Waals surface area (Å²) in [5, 5.41) is 5.58. The van der Waals surface area contributed by atoms with Gasteiger partial charge in [0.1, 0.15) is 17.3 Å². The fourth-order valence-corrected chi connectivity index (χ4v) is 3.08. The molecule has 1 saturated carbocycles. The van der Waals surface area contributed by atoms with Crippen molar-refractivity contribution in [2.24, 2.45) is 11.0 Å². The molecule has 0 aromatic heterocycles. The standard InChI is InChI=1S/C20H25ClN2O4/c1-12-9-10-14(21)13(11-12)18(25)17-15(7-6-8-16(17)24)22-23(5)19(26)27-20(2,3)4/h9-11,17H,6-8H2,1-5H3/b22-15-. The van der Waals surface area contributed by atoms with Gasteiger partial charge in [-0.1, -0.05) is 23.2 Å². The third kappa shape index (κ3) is 5.39. The number of ether oxygens (including phenoxy) is 1. The summed E-state index contributed by atoms with van der Waals surface area (Å²) in [6.07, 6.45) is 0.701. The number of halogens is 1. The Bertz CT molecular complexity index is 796. The topological polar surface area (TPSA) is 76.0 Å². The molecule has 1 aromatic carbocycles. The highest BCUT2D eigenvalue weighted by Crippen LogP contribution is 2.27.